The van der Waals surface area contributed by atoms with Crippen LogP contribution in [0, 0.1) is 17.8 Å². The number of allylic oxidation sites excluding steroid dienone is 9. The third-order valence-electron chi connectivity index (χ3n) is 6.81. The average Bonchev–Trinajstić information content (AvgIpc) is 3.03. The lowest BCUT2D eigenvalue weighted by Crippen LogP contribution is -2.41. The lowest BCUT2D eigenvalue weighted by molar-refractivity contribution is 0.267. The molecule has 1 aromatic carbocycles. The van der Waals surface area contributed by atoms with Gasteiger partial charge in [-0.3, -0.25) is 0 Å². The summed E-state index contributed by atoms with van der Waals surface area (Å²) >= 11 is 5.16. The molecule has 3 aliphatic rings. The molecule has 5 unspecified atom stereocenters. The number of hydrogen-bond acceptors (Lipinski definition) is 0. The Morgan fingerprint density at radius 1 is 1.14 bits per heavy atom. The van der Waals surface area contributed by atoms with E-state index in [0.29, 0.717) is 21.7 Å². The largest absolute Gasteiger partial charge is 0.0990 e. The van der Waals surface area contributed by atoms with E-state index in [2.05, 4.69) is 119 Å². The first-order chi connectivity index (χ1) is 13.7. The van der Waals surface area contributed by atoms with Crippen LogP contribution in [0.25, 0.3) is 0 Å². The minimum Gasteiger partial charge on any atom is -0.0990 e. The normalized spacial score (nSPS) is 34.8. The molecule has 1 fully saturated rings. The molecule has 0 N–H and O–H groups in total. The first kappa shape index (κ1) is 20.6. The van der Waals surface area contributed by atoms with Gasteiger partial charge < -0.3 is 0 Å². The quantitative estimate of drug-likeness (QED) is 0.140. The number of benzene rings is 1. The number of hydrogen-bond donors (Lipinski definition) is 0. The monoisotopic (exact) mass is 594 g/mol. The van der Waals surface area contributed by atoms with E-state index in [-0.39, 0.29) is 5.41 Å². The molecule has 0 saturated heterocycles. The van der Waals surface area contributed by atoms with Crippen molar-refractivity contribution in [1.82, 2.24) is 0 Å². The van der Waals surface area contributed by atoms with Crippen molar-refractivity contribution in [2.45, 2.75) is 41.4 Å². The molecule has 0 radical (unpaired) electrons. The minimum atomic E-state index is 0.114. The summed E-state index contributed by atoms with van der Waals surface area (Å²) in [5.74, 6) is 1.97. The molecule has 4 rings (SSSR count). The second-order valence-corrected chi connectivity index (χ2v) is 11.3. The zero-order chi connectivity index (χ0) is 19.6. The van der Waals surface area contributed by atoms with Crippen LogP contribution in [0.1, 0.15) is 37.7 Å². The number of fused-ring (bicyclic) bond motifs is 1. The van der Waals surface area contributed by atoms with E-state index < -0.39 is 0 Å². The van der Waals surface area contributed by atoms with Crippen LogP contribution in [0.3, 0.4) is 0 Å². The number of rotatable bonds is 5. The predicted octanol–water partition coefficient (Wildman–Crippen LogP) is 8.11. The molecule has 0 bridgehead atoms. The van der Waals surface area contributed by atoms with Gasteiger partial charge in [-0.25, -0.2) is 0 Å². The van der Waals surface area contributed by atoms with Gasteiger partial charge in [-0.2, -0.15) is 0 Å². The molecular formula is C26H28I2. The van der Waals surface area contributed by atoms with Gasteiger partial charge in [0, 0.05) is 9.34 Å². The van der Waals surface area contributed by atoms with Crippen LogP contribution in [-0.4, -0.2) is 3.92 Å². The lowest BCUT2D eigenvalue weighted by atomic mass is 9.59. The van der Waals surface area contributed by atoms with Crippen molar-refractivity contribution in [2.24, 2.45) is 17.8 Å². The second kappa shape index (κ2) is 9.03. The molecule has 1 aromatic rings. The van der Waals surface area contributed by atoms with E-state index in [4.69, 9.17) is 0 Å². The first-order valence-electron chi connectivity index (χ1n) is 10.4. The highest BCUT2D eigenvalue weighted by atomic mass is 127. The highest BCUT2D eigenvalue weighted by Crippen LogP contribution is 2.62. The Morgan fingerprint density at radius 3 is 2.68 bits per heavy atom. The van der Waals surface area contributed by atoms with Crippen LogP contribution in [0.5, 0.6) is 0 Å². The number of alkyl halides is 1. The summed E-state index contributed by atoms with van der Waals surface area (Å²) in [5, 5.41) is 0. The molecule has 2 heteroatoms. The molecule has 0 nitrogen and oxygen atoms in total. The molecule has 146 valence electrons. The van der Waals surface area contributed by atoms with Gasteiger partial charge in [0.2, 0.25) is 0 Å². The Labute approximate surface area is 197 Å². The molecule has 0 aliphatic heterocycles. The summed E-state index contributed by atoms with van der Waals surface area (Å²) < 4.78 is 2.06. The van der Waals surface area contributed by atoms with Crippen LogP contribution in [0.2, 0.25) is 0 Å². The van der Waals surface area contributed by atoms with Crippen molar-refractivity contribution in [3.05, 3.63) is 94.2 Å². The van der Waals surface area contributed by atoms with Gasteiger partial charge >= 0.3 is 0 Å². The van der Waals surface area contributed by atoms with E-state index in [9.17, 15) is 0 Å². The summed E-state index contributed by atoms with van der Waals surface area (Å²) in [6.45, 7) is 3.93. The third-order valence-corrected chi connectivity index (χ3v) is 8.54. The van der Waals surface area contributed by atoms with Gasteiger partial charge in [-0.05, 0) is 87.2 Å². The van der Waals surface area contributed by atoms with Crippen LogP contribution in [0.4, 0.5) is 0 Å². The van der Waals surface area contributed by atoms with Crippen molar-refractivity contribution in [2.75, 3.05) is 0 Å². The van der Waals surface area contributed by atoms with Gasteiger partial charge in [0.15, 0.2) is 0 Å². The van der Waals surface area contributed by atoms with E-state index in [1.165, 1.54) is 34.8 Å². The highest BCUT2D eigenvalue weighted by Gasteiger charge is 2.57. The van der Waals surface area contributed by atoms with E-state index in [0.717, 1.165) is 6.42 Å². The number of halogens is 2. The van der Waals surface area contributed by atoms with E-state index >= 15 is 0 Å². The maximum Gasteiger partial charge on any atom is 0.0292 e. The van der Waals surface area contributed by atoms with Crippen LogP contribution in [0.15, 0.2) is 88.6 Å². The van der Waals surface area contributed by atoms with Crippen molar-refractivity contribution in [3.8, 4) is 0 Å². The summed E-state index contributed by atoms with van der Waals surface area (Å²) in [5.41, 5.74) is 3.21. The maximum absolute atomic E-state index is 3.93. The molecule has 5 atom stereocenters. The molecule has 0 aromatic heterocycles. The fraction of sp³-hybridized carbons (Fsp3) is 0.385. The Hall–Kier alpha value is -0.620. The summed E-state index contributed by atoms with van der Waals surface area (Å²) in [6.07, 6.45) is 22.6. The maximum atomic E-state index is 3.93. The molecule has 0 spiro atoms. The molecule has 0 amide bonds. The Bertz CT molecular complexity index is 829. The average molecular weight is 594 g/mol. The molecule has 28 heavy (non-hydrogen) atoms. The van der Waals surface area contributed by atoms with Gasteiger partial charge in [0.25, 0.3) is 0 Å². The minimum absolute atomic E-state index is 0.114. The molecule has 3 aliphatic carbocycles. The first-order valence-corrected chi connectivity index (χ1v) is 12.7. The lowest BCUT2D eigenvalue weighted by Gasteiger charge is -2.45. The molecular weight excluding hydrogens is 566 g/mol. The van der Waals surface area contributed by atoms with Gasteiger partial charge in [0.1, 0.15) is 0 Å². The third kappa shape index (κ3) is 3.76. The molecule has 1 saturated carbocycles. The zero-order valence-electron chi connectivity index (χ0n) is 16.2. The fourth-order valence-corrected chi connectivity index (χ4v) is 7.43. The predicted molar refractivity (Wildman–Crippen MR) is 138 cm³/mol. The van der Waals surface area contributed by atoms with Crippen molar-refractivity contribution < 1.29 is 0 Å². The van der Waals surface area contributed by atoms with E-state index in [1.807, 2.05) is 6.08 Å². The van der Waals surface area contributed by atoms with Gasteiger partial charge in [-0.15, -0.1) is 0 Å². The van der Waals surface area contributed by atoms with Crippen molar-refractivity contribution >= 4 is 45.2 Å². The van der Waals surface area contributed by atoms with Crippen molar-refractivity contribution in [1.29, 1.82) is 0 Å². The van der Waals surface area contributed by atoms with Crippen LogP contribution >= 0.6 is 45.2 Å². The van der Waals surface area contributed by atoms with Crippen LogP contribution < -0.4 is 0 Å². The smallest absolute Gasteiger partial charge is 0.0292 e. The van der Waals surface area contributed by atoms with Crippen molar-refractivity contribution in [3.63, 3.8) is 0 Å². The summed E-state index contributed by atoms with van der Waals surface area (Å²) in [6, 6.07) is 11.4. The van der Waals surface area contributed by atoms with Gasteiger partial charge in [-0.1, -0.05) is 102 Å². The topological polar surface area (TPSA) is 0 Å². The SMILES string of the molecule is C=C/C=C(/I)CC1CC2C=CC(I)CC2C1(C1=CCCC=C1)c1ccccc1. The Kier molecular flexibility index (Phi) is 6.66. The zero-order valence-corrected chi connectivity index (χ0v) is 20.6. The fourth-order valence-electron chi connectivity index (χ4n) is 5.85. The highest BCUT2D eigenvalue weighted by molar-refractivity contribution is 14.1. The standard InChI is InChI=1S/C26H28I2/c1-2-9-23(27)17-22-16-19-14-15-24(28)18-25(19)26(22,20-10-5-3-6-11-20)21-12-7-4-8-13-21/h2-3,5-7,9-15,19,22,24-25H,1,4,8,16-18H2/b23-9+. The Balaban J connectivity index is 1.90. The summed E-state index contributed by atoms with van der Waals surface area (Å²) in [7, 11) is 0. The van der Waals surface area contributed by atoms with Crippen LogP contribution in [-0.2, 0) is 5.41 Å². The van der Waals surface area contributed by atoms with Gasteiger partial charge in [0.05, 0.1) is 0 Å². The van der Waals surface area contributed by atoms with E-state index in [1.54, 1.807) is 5.57 Å². The summed E-state index contributed by atoms with van der Waals surface area (Å²) in [4.78, 5) is 0. The Morgan fingerprint density at radius 2 is 1.96 bits per heavy atom. The molecule has 0 heterocycles. The second-order valence-electron chi connectivity index (χ2n) is 8.27.